The molecule has 0 radical (unpaired) electrons. The summed E-state index contributed by atoms with van der Waals surface area (Å²) in [6, 6.07) is 3.00. The number of nitrogens with zero attached hydrogens (tertiary/aromatic N) is 2. The first-order valence-corrected chi connectivity index (χ1v) is 6.48. The van der Waals surface area contributed by atoms with Gasteiger partial charge < -0.3 is 5.32 Å². The SMILES string of the molecule is Cn1nccc1CCC1(CNC2CC2)CC1. The van der Waals surface area contributed by atoms with Gasteiger partial charge in [0.15, 0.2) is 0 Å². The molecule has 2 aliphatic carbocycles. The van der Waals surface area contributed by atoms with Crippen LogP contribution in [0.4, 0.5) is 0 Å². The van der Waals surface area contributed by atoms with Crippen LogP contribution in [0.2, 0.25) is 0 Å². The average molecular weight is 219 g/mol. The molecule has 2 fully saturated rings. The Kier molecular flexibility index (Phi) is 2.51. The van der Waals surface area contributed by atoms with E-state index in [0.29, 0.717) is 5.41 Å². The maximum atomic E-state index is 4.22. The molecule has 0 amide bonds. The lowest BCUT2D eigenvalue weighted by Crippen LogP contribution is -2.26. The van der Waals surface area contributed by atoms with Crippen LogP contribution in [0.5, 0.6) is 0 Å². The van der Waals surface area contributed by atoms with Gasteiger partial charge >= 0.3 is 0 Å². The van der Waals surface area contributed by atoms with Crippen molar-refractivity contribution < 1.29 is 0 Å². The van der Waals surface area contributed by atoms with Gasteiger partial charge in [0, 0.05) is 31.5 Å². The van der Waals surface area contributed by atoms with Crippen molar-refractivity contribution in [1.82, 2.24) is 15.1 Å². The van der Waals surface area contributed by atoms with E-state index in [4.69, 9.17) is 0 Å². The monoisotopic (exact) mass is 219 g/mol. The highest BCUT2D eigenvalue weighted by Crippen LogP contribution is 2.49. The van der Waals surface area contributed by atoms with Crippen LogP contribution in [0.1, 0.15) is 37.8 Å². The van der Waals surface area contributed by atoms with Crippen LogP contribution in [0.3, 0.4) is 0 Å². The van der Waals surface area contributed by atoms with E-state index in [1.165, 1.54) is 50.8 Å². The van der Waals surface area contributed by atoms with Gasteiger partial charge in [0.1, 0.15) is 0 Å². The molecule has 0 aliphatic heterocycles. The third kappa shape index (κ3) is 2.29. The fourth-order valence-electron chi connectivity index (χ4n) is 2.38. The predicted molar refractivity (Wildman–Crippen MR) is 64.2 cm³/mol. The second-order valence-electron chi connectivity index (χ2n) is 5.60. The van der Waals surface area contributed by atoms with Gasteiger partial charge in [0.2, 0.25) is 0 Å². The van der Waals surface area contributed by atoms with Crippen LogP contribution >= 0.6 is 0 Å². The van der Waals surface area contributed by atoms with E-state index in [0.717, 1.165) is 6.04 Å². The largest absolute Gasteiger partial charge is 0.313 e. The molecule has 3 rings (SSSR count). The summed E-state index contributed by atoms with van der Waals surface area (Å²) in [4.78, 5) is 0. The smallest absolute Gasteiger partial charge is 0.0492 e. The third-order valence-corrected chi connectivity index (χ3v) is 4.13. The van der Waals surface area contributed by atoms with Crippen molar-refractivity contribution in [2.24, 2.45) is 12.5 Å². The number of hydrogen-bond donors (Lipinski definition) is 1. The zero-order chi connectivity index (χ0) is 11.0. The van der Waals surface area contributed by atoms with Crippen LogP contribution < -0.4 is 5.32 Å². The number of nitrogens with one attached hydrogen (secondary N) is 1. The minimum absolute atomic E-state index is 0.632. The number of aryl methyl sites for hydroxylation is 2. The molecule has 1 aromatic rings. The van der Waals surface area contributed by atoms with E-state index >= 15 is 0 Å². The first kappa shape index (κ1) is 10.3. The van der Waals surface area contributed by atoms with Crippen LogP contribution in [0.25, 0.3) is 0 Å². The van der Waals surface area contributed by atoms with E-state index in [9.17, 15) is 0 Å². The first-order chi connectivity index (χ1) is 7.77. The highest BCUT2D eigenvalue weighted by molar-refractivity contribution is 5.04. The fourth-order valence-corrected chi connectivity index (χ4v) is 2.38. The van der Waals surface area contributed by atoms with Gasteiger partial charge in [-0.25, -0.2) is 0 Å². The van der Waals surface area contributed by atoms with Crippen molar-refractivity contribution >= 4 is 0 Å². The summed E-state index contributed by atoms with van der Waals surface area (Å²) in [6.45, 7) is 1.25. The van der Waals surface area contributed by atoms with Crippen molar-refractivity contribution in [2.45, 2.75) is 44.6 Å². The topological polar surface area (TPSA) is 29.9 Å². The van der Waals surface area contributed by atoms with Gasteiger partial charge in [-0.3, -0.25) is 4.68 Å². The van der Waals surface area contributed by atoms with Crippen molar-refractivity contribution in [2.75, 3.05) is 6.54 Å². The van der Waals surface area contributed by atoms with E-state index in [-0.39, 0.29) is 0 Å². The number of aromatic nitrogens is 2. The maximum Gasteiger partial charge on any atom is 0.0492 e. The maximum absolute atomic E-state index is 4.22. The summed E-state index contributed by atoms with van der Waals surface area (Å²) in [5.74, 6) is 0. The molecule has 2 saturated carbocycles. The van der Waals surface area contributed by atoms with Gasteiger partial charge in [-0.2, -0.15) is 5.10 Å². The molecule has 2 aliphatic rings. The second-order valence-corrected chi connectivity index (χ2v) is 5.60. The van der Waals surface area contributed by atoms with Gasteiger partial charge in [0.05, 0.1) is 0 Å². The van der Waals surface area contributed by atoms with Crippen LogP contribution in [-0.2, 0) is 13.5 Å². The number of hydrogen-bond acceptors (Lipinski definition) is 2. The fraction of sp³-hybridized carbons (Fsp3) is 0.769. The summed E-state index contributed by atoms with van der Waals surface area (Å²) < 4.78 is 2.00. The molecule has 1 N–H and O–H groups in total. The highest BCUT2D eigenvalue weighted by Gasteiger charge is 2.42. The lowest BCUT2D eigenvalue weighted by molar-refractivity contribution is 0.419. The molecule has 0 atom stereocenters. The minimum Gasteiger partial charge on any atom is -0.313 e. The lowest BCUT2D eigenvalue weighted by atomic mass is 9.99. The normalized spacial score (nSPS) is 22.3. The molecule has 88 valence electrons. The summed E-state index contributed by atoms with van der Waals surface area (Å²) in [5.41, 5.74) is 2.00. The Balaban J connectivity index is 1.48. The molecule has 16 heavy (non-hydrogen) atoms. The Hall–Kier alpha value is -0.830. The molecular formula is C13H21N3. The third-order valence-electron chi connectivity index (χ3n) is 4.13. The molecule has 3 heteroatoms. The minimum atomic E-state index is 0.632. The zero-order valence-electron chi connectivity index (χ0n) is 10.1. The van der Waals surface area contributed by atoms with E-state index in [1.807, 2.05) is 17.9 Å². The molecule has 0 aromatic carbocycles. The Morgan fingerprint density at radius 1 is 1.50 bits per heavy atom. The van der Waals surface area contributed by atoms with Crippen LogP contribution in [0.15, 0.2) is 12.3 Å². The quantitative estimate of drug-likeness (QED) is 0.791. The molecule has 1 aromatic heterocycles. The van der Waals surface area contributed by atoms with Crippen molar-refractivity contribution in [3.05, 3.63) is 18.0 Å². The van der Waals surface area contributed by atoms with Gasteiger partial charge in [-0.05, 0) is 50.0 Å². The van der Waals surface area contributed by atoms with Gasteiger partial charge in [-0.1, -0.05) is 0 Å². The van der Waals surface area contributed by atoms with Crippen molar-refractivity contribution in [3.8, 4) is 0 Å². The summed E-state index contributed by atoms with van der Waals surface area (Å²) in [7, 11) is 2.04. The van der Waals surface area contributed by atoms with Gasteiger partial charge in [-0.15, -0.1) is 0 Å². The summed E-state index contributed by atoms with van der Waals surface area (Å²) in [5, 5.41) is 7.90. The van der Waals surface area contributed by atoms with Crippen molar-refractivity contribution in [3.63, 3.8) is 0 Å². The summed E-state index contributed by atoms with van der Waals surface area (Å²) in [6.07, 6.45) is 10.1. The highest BCUT2D eigenvalue weighted by atomic mass is 15.2. The molecule has 0 saturated heterocycles. The molecule has 3 nitrogen and oxygen atoms in total. The Morgan fingerprint density at radius 2 is 2.31 bits per heavy atom. The number of rotatable bonds is 6. The standard InChI is InChI=1S/C13H21N3/c1-16-12(5-9-15-16)4-6-13(7-8-13)10-14-11-2-3-11/h5,9,11,14H,2-4,6-8,10H2,1H3. The Labute approximate surface area is 97.2 Å². The molecular weight excluding hydrogens is 198 g/mol. The van der Waals surface area contributed by atoms with Crippen LogP contribution in [0, 0.1) is 5.41 Å². The molecule has 0 bridgehead atoms. The van der Waals surface area contributed by atoms with Crippen LogP contribution in [-0.4, -0.2) is 22.4 Å². The Bertz CT molecular complexity index is 361. The van der Waals surface area contributed by atoms with Gasteiger partial charge in [0.25, 0.3) is 0 Å². The average Bonchev–Trinajstić information content (AvgIpc) is 3.17. The van der Waals surface area contributed by atoms with E-state index in [2.05, 4.69) is 16.5 Å². The van der Waals surface area contributed by atoms with Crippen molar-refractivity contribution in [1.29, 1.82) is 0 Å². The van der Waals surface area contributed by atoms with E-state index in [1.54, 1.807) is 0 Å². The first-order valence-electron chi connectivity index (χ1n) is 6.48. The van der Waals surface area contributed by atoms with E-state index < -0.39 is 0 Å². The lowest BCUT2D eigenvalue weighted by Gasteiger charge is -2.15. The molecule has 1 heterocycles. The molecule has 0 unspecified atom stereocenters. The Morgan fingerprint density at radius 3 is 2.88 bits per heavy atom. The molecule has 0 spiro atoms. The zero-order valence-corrected chi connectivity index (χ0v) is 10.1. The summed E-state index contributed by atoms with van der Waals surface area (Å²) >= 11 is 0. The second kappa shape index (κ2) is 3.88. The predicted octanol–water partition coefficient (Wildman–Crippen LogP) is 1.88.